The van der Waals surface area contributed by atoms with Crippen molar-refractivity contribution in [3.8, 4) is 0 Å². The number of benzene rings is 1. The summed E-state index contributed by atoms with van der Waals surface area (Å²) in [5, 5.41) is 3.30. The summed E-state index contributed by atoms with van der Waals surface area (Å²) in [4.78, 5) is 20.3. The standard InChI is InChI=1S/C21H29F3N4O/c1-3-25-19(28-12-10-27(11-13-28)16(2)29)26-15-20(8-5-9-20)17-6-4-7-18(14-17)21(22,23)24/h4,6-7,14H,3,5,8-13,15H2,1-2H3,(H,25,26). The van der Waals surface area contributed by atoms with E-state index in [1.165, 1.54) is 12.1 Å². The highest BCUT2D eigenvalue weighted by atomic mass is 19.4. The first-order chi connectivity index (χ1) is 13.7. The number of nitrogens with one attached hydrogen (secondary N) is 1. The summed E-state index contributed by atoms with van der Waals surface area (Å²) in [6, 6.07) is 5.70. The van der Waals surface area contributed by atoms with E-state index in [2.05, 4.69) is 10.2 Å². The maximum Gasteiger partial charge on any atom is 0.416 e. The smallest absolute Gasteiger partial charge is 0.357 e. The Hall–Kier alpha value is -2.25. The normalized spacial score (nSPS) is 19.7. The molecule has 1 N–H and O–H groups in total. The Bertz CT molecular complexity index is 751. The molecule has 1 saturated heterocycles. The molecular weight excluding hydrogens is 381 g/mol. The lowest BCUT2D eigenvalue weighted by Crippen LogP contribution is -2.53. The number of guanidine groups is 1. The van der Waals surface area contributed by atoms with Crippen molar-refractivity contribution < 1.29 is 18.0 Å². The van der Waals surface area contributed by atoms with Gasteiger partial charge in [0.2, 0.25) is 5.91 Å². The lowest BCUT2D eigenvalue weighted by molar-refractivity contribution is -0.137. The molecule has 1 aromatic rings. The van der Waals surface area contributed by atoms with Crippen LogP contribution in [-0.2, 0) is 16.4 Å². The Morgan fingerprint density at radius 2 is 1.83 bits per heavy atom. The Balaban J connectivity index is 1.76. The highest BCUT2D eigenvalue weighted by molar-refractivity contribution is 5.80. The van der Waals surface area contributed by atoms with E-state index in [1.807, 2.05) is 11.8 Å². The first-order valence-corrected chi connectivity index (χ1v) is 10.2. The molecule has 8 heteroatoms. The molecule has 1 saturated carbocycles. The van der Waals surface area contributed by atoms with Crippen molar-refractivity contribution in [2.75, 3.05) is 39.3 Å². The molecule has 29 heavy (non-hydrogen) atoms. The van der Waals surface area contributed by atoms with Gasteiger partial charge in [-0.05, 0) is 31.4 Å². The van der Waals surface area contributed by atoms with Gasteiger partial charge in [0.25, 0.3) is 0 Å². The zero-order valence-corrected chi connectivity index (χ0v) is 17.1. The second-order valence-electron chi connectivity index (χ2n) is 7.88. The quantitative estimate of drug-likeness (QED) is 0.612. The number of aliphatic imine (C=N–C) groups is 1. The second kappa shape index (κ2) is 8.63. The minimum Gasteiger partial charge on any atom is -0.357 e. The molecule has 0 radical (unpaired) electrons. The van der Waals surface area contributed by atoms with Crippen LogP contribution in [0.4, 0.5) is 13.2 Å². The van der Waals surface area contributed by atoms with E-state index >= 15 is 0 Å². The third kappa shape index (κ3) is 4.85. The SMILES string of the molecule is CCNC(=NCC1(c2cccc(C(F)(F)F)c2)CCC1)N1CCN(C(C)=O)CC1. The number of hydrogen-bond donors (Lipinski definition) is 1. The van der Waals surface area contributed by atoms with Crippen LogP contribution >= 0.6 is 0 Å². The van der Waals surface area contributed by atoms with Gasteiger partial charge < -0.3 is 15.1 Å². The van der Waals surface area contributed by atoms with Crippen molar-refractivity contribution in [1.82, 2.24) is 15.1 Å². The maximum atomic E-state index is 13.2. The predicted molar refractivity (Wildman–Crippen MR) is 107 cm³/mol. The number of hydrogen-bond acceptors (Lipinski definition) is 2. The number of nitrogens with zero attached hydrogens (tertiary/aromatic N) is 3. The van der Waals surface area contributed by atoms with Gasteiger partial charge in [-0.2, -0.15) is 13.2 Å². The number of rotatable bonds is 4. The molecule has 0 atom stereocenters. The summed E-state index contributed by atoms with van der Waals surface area (Å²) >= 11 is 0. The Morgan fingerprint density at radius 3 is 2.34 bits per heavy atom. The average molecular weight is 410 g/mol. The van der Waals surface area contributed by atoms with E-state index in [0.29, 0.717) is 39.3 Å². The summed E-state index contributed by atoms with van der Waals surface area (Å²) < 4.78 is 39.5. The van der Waals surface area contributed by atoms with Crippen molar-refractivity contribution in [2.45, 2.75) is 44.7 Å². The molecule has 0 bridgehead atoms. The van der Waals surface area contributed by atoms with Crippen LogP contribution in [0.25, 0.3) is 0 Å². The van der Waals surface area contributed by atoms with E-state index in [0.717, 1.165) is 36.9 Å². The van der Waals surface area contributed by atoms with Crippen molar-refractivity contribution in [3.63, 3.8) is 0 Å². The van der Waals surface area contributed by atoms with E-state index in [1.54, 1.807) is 13.0 Å². The van der Waals surface area contributed by atoms with E-state index < -0.39 is 11.7 Å². The van der Waals surface area contributed by atoms with Crippen LogP contribution < -0.4 is 5.32 Å². The molecule has 1 aliphatic heterocycles. The van der Waals surface area contributed by atoms with Gasteiger partial charge in [-0.1, -0.05) is 24.6 Å². The van der Waals surface area contributed by atoms with Crippen molar-refractivity contribution in [1.29, 1.82) is 0 Å². The predicted octanol–water partition coefficient (Wildman–Crippen LogP) is 3.26. The lowest BCUT2D eigenvalue weighted by Gasteiger charge is -2.42. The number of alkyl halides is 3. The fourth-order valence-corrected chi connectivity index (χ4v) is 4.05. The summed E-state index contributed by atoms with van der Waals surface area (Å²) in [5.41, 5.74) is -0.208. The molecule has 0 unspecified atom stereocenters. The fourth-order valence-electron chi connectivity index (χ4n) is 4.05. The molecule has 0 spiro atoms. The Kier molecular flexibility index (Phi) is 6.39. The third-order valence-electron chi connectivity index (χ3n) is 6.00. The highest BCUT2D eigenvalue weighted by Crippen LogP contribution is 2.45. The van der Waals surface area contributed by atoms with E-state index in [9.17, 15) is 18.0 Å². The molecule has 3 rings (SSSR count). The van der Waals surface area contributed by atoms with Crippen molar-refractivity contribution >= 4 is 11.9 Å². The number of piperazine rings is 1. The van der Waals surface area contributed by atoms with Crippen LogP contribution in [-0.4, -0.2) is 60.9 Å². The van der Waals surface area contributed by atoms with Crippen LogP contribution in [0.5, 0.6) is 0 Å². The summed E-state index contributed by atoms with van der Waals surface area (Å²) in [7, 11) is 0. The zero-order chi connectivity index (χ0) is 21.1. The maximum absolute atomic E-state index is 13.2. The first kappa shape index (κ1) is 21.5. The first-order valence-electron chi connectivity index (χ1n) is 10.2. The van der Waals surface area contributed by atoms with Crippen LogP contribution in [0.15, 0.2) is 29.3 Å². The van der Waals surface area contributed by atoms with Gasteiger partial charge in [0.1, 0.15) is 0 Å². The monoisotopic (exact) mass is 410 g/mol. The van der Waals surface area contributed by atoms with Gasteiger partial charge in [-0.15, -0.1) is 0 Å². The molecule has 1 amide bonds. The molecule has 2 fully saturated rings. The summed E-state index contributed by atoms with van der Waals surface area (Å²) in [6.07, 6.45) is -1.65. The Labute approximate surface area is 170 Å². The van der Waals surface area contributed by atoms with Crippen LogP contribution in [0.2, 0.25) is 0 Å². The number of carbonyl (C=O) groups is 1. The van der Waals surface area contributed by atoms with Crippen LogP contribution in [0.3, 0.4) is 0 Å². The van der Waals surface area contributed by atoms with Gasteiger partial charge >= 0.3 is 6.18 Å². The minimum absolute atomic E-state index is 0.0737. The van der Waals surface area contributed by atoms with Crippen molar-refractivity contribution in [3.05, 3.63) is 35.4 Å². The number of carbonyl (C=O) groups excluding carboxylic acids is 1. The zero-order valence-electron chi connectivity index (χ0n) is 17.1. The largest absolute Gasteiger partial charge is 0.416 e. The summed E-state index contributed by atoms with van der Waals surface area (Å²) in [5.74, 6) is 0.846. The van der Waals surface area contributed by atoms with Gasteiger partial charge in [0.05, 0.1) is 12.1 Å². The van der Waals surface area contributed by atoms with Gasteiger partial charge in [-0.3, -0.25) is 9.79 Å². The minimum atomic E-state index is -4.34. The average Bonchev–Trinajstić information content (AvgIpc) is 2.66. The van der Waals surface area contributed by atoms with E-state index in [-0.39, 0.29) is 11.3 Å². The third-order valence-corrected chi connectivity index (χ3v) is 6.00. The van der Waals surface area contributed by atoms with E-state index in [4.69, 9.17) is 4.99 Å². The Morgan fingerprint density at radius 1 is 1.17 bits per heavy atom. The molecular formula is C21H29F3N4O. The van der Waals surface area contributed by atoms with Gasteiger partial charge in [-0.25, -0.2) is 0 Å². The van der Waals surface area contributed by atoms with Crippen molar-refractivity contribution in [2.24, 2.45) is 4.99 Å². The topological polar surface area (TPSA) is 47.9 Å². The molecule has 2 aliphatic rings. The number of amides is 1. The highest BCUT2D eigenvalue weighted by Gasteiger charge is 2.40. The molecule has 5 nitrogen and oxygen atoms in total. The molecule has 1 heterocycles. The second-order valence-corrected chi connectivity index (χ2v) is 7.88. The fraction of sp³-hybridized carbons (Fsp3) is 0.619. The van der Waals surface area contributed by atoms with Gasteiger partial charge in [0.15, 0.2) is 5.96 Å². The van der Waals surface area contributed by atoms with Crippen LogP contribution in [0.1, 0.15) is 44.2 Å². The summed E-state index contributed by atoms with van der Waals surface area (Å²) in [6.45, 7) is 7.44. The van der Waals surface area contributed by atoms with Crippen LogP contribution in [0, 0.1) is 0 Å². The molecule has 160 valence electrons. The number of halogens is 3. The molecule has 1 aromatic carbocycles. The lowest BCUT2D eigenvalue weighted by atomic mass is 9.64. The van der Waals surface area contributed by atoms with Gasteiger partial charge in [0, 0.05) is 45.1 Å². The molecule has 1 aliphatic carbocycles. The molecule has 0 aromatic heterocycles.